The highest BCUT2D eigenvalue weighted by atomic mass is 32.1. The molecule has 0 bridgehead atoms. The van der Waals surface area contributed by atoms with E-state index in [0.29, 0.717) is 19.4 Å². The van der Waals surface area contributed by atoms with Crippen LogP contribution >= 0.6 is 11.3 Å². The Bertz CT molecular complexity index is 1440. The highest BCUT2D eigenvalue weighted by molar-refractivity contribution is 7.17. The van der Waals surface area contributed by atoms with E-state index < -0.39 is 6.23 Å². The zero-order valence-corrected chi connectivity index (χ0v) is 31.4. The van der Waals surface area contributed by atoms with Crippen LogP contribution < -0.4 is 20.3 Å². The summed E-state index contributed by atoms with van der Waals surface area (Å²) in [5.41, 5.74) is 2.73. The molecule has 1 unspecified atom stereocenters. The van der Waals surface area contributed by atoms with E-state index in [4.69, 9.17) is 9.47 Å². The van der Waals surface area contributed by atoms with Gasteiger partial charge in [0.1, 0.15) is 5.75 Å². The van der Waals surface area contributed by atoms with Crippen molar-refractivity contribution in [1.82, 2.24) is 5.32 Å². The third-order valence-corrected chi connectivity index (χ3v) is 10.5. The van der Waals surface area contributed by atoms with Gasteiger partial charge in [0.05, 0.1) is 12.3 Å². The topological polar surface area (TPSA) is 79.9 Å². The van der Waals surface area contributed by atoms with Crippen LogP contribution in [0.3, 0.4) is 0 Å². The molecule has 4 rings (SSSR count). The summed E-state index contributed by atoms with van der Waals surface area (Å²) in [7, 11) is 0. The van der Waals surface area contributed by atoms with Gasteiger partial charge in [-0.25, -0.2) is 0 Å². The average Bonchev–Trinajstić information content (AvgIpc) is 3.56. The van der Waals surface area contributed by atoms with Crippen LogP contribution in [0.15, 0.2) is 47.8 Å². The van der Waals surface area contributed by atoms with Crippen molar-refractivity contribution >= 4 is 44.7 Å². The highest BCUT2D eigenvalue weighted by Crippen LogP contribution is 2.43. The molecule has 0 radical (unpaired) electrons. The molecule has 7 nitrogen and oxygen atoms in total. The van der Waals surface area contributed by atoms with Gasteiger partial charge in [-0.3, -0.25) is 14.5 Å². The molecule has 0 spiro atoms. The maximum absolute atomic E-state index is 13.4. The number of nitrogens with one attached hydrogen (secondary N) is 2. The van der Waals surface area contributed by atoms with Gasteiger partial charge < -0.3 is 20.1 Å². The number of fused-ring (bicyclic) bond motifs is 2. The van der Waals surface area contributed by atoms with E-state index in [1.54, 1.807) is 23.2 Å². The summed E-state index contributed by atoms with van der Waals surface area (Å²) in [5, 5.41) is 10.5. The molecule has 2 heterocycles. The van der Waals surface area contributed by atoms with Crippen LogP contribution in [0.5, 0.6) is 5.75 Å². The van der Waals surface area contributed by atoms with Crippen molar-refractivity contribution in [3.8, 4) is 5.75 Å². The number of unbranched alkanes of at least 4 members (excludes halogenated alkanes) is 11. The maximum Gasteiger partial charge on any atom is 0.307 e. The number of thiophene rings is 1. The van der Waals surface area contributed by atoms with E-state index >= 15 is 0 Å². The lowest BCUT2D eigenvalue weighted by Crippen LogP contribution is -2.48. The number of hydrogen-bond acceptors (Lipinski definition) is 7. The number of ether oxygens (including phenoxy) is 2. The number of nitrogens with zero attached hydrogens (tertiary/aromatic N) is 1. The Balaban J connectivity index is 1.15. The predicted molar refractivity (Wildman–Crippen MR) is 206 cm³/mol. The maximum atomic E-state index is 13.4. The first-order valence-electron chi connectivity index (χ1n) is 19.0. The minimum atomic E-state index is -0.670. The van der Waals surface area contributed by atoms with Crippen molar-refractivity contribution in [3.05, 3.63) is 53.4 Å². The third-order valence-electron chi connectivity index (χ3n) is 9.60. The number of benzene rings is 2. The molecule has 1 amide bonds. The molecule has 3 aromatic rings. The second-order valence-corrected chi connectivity index (χ2v) is 15.2. The smallest absolute Gasteiger partial charge is 0.307 e. The van der Waals surface area contributed by atoms with E-state index in [9.17, 15) is 9.59 Å². The van der Waals surface area contributed by atoms with Gasteiger partial charge in [0, 0.05) is 53.2 Å². The van der Waals surface area contributed by atoms with Crippen molar-refractivity contribution in [2.75, 3.05) is 36.5 Å². The molecule has 1 aromatic heterocycles. The SMILES string of the molecule is CCCCCCCCCCCCCC(=O)OC(C)N1C(=O)CC(C)(C)c2ccc(OCCCCNCCNc3cccc4sccc34)cc21. The lowest BCUT2D eigenvalue weighted by Gasteiger charge is -2.41. The second-order valence-electron chi connectivity index (χ2n) is 14.2. The lowest BCUT2D eigenvalue weighted by molar-refractivity contribution is -0.149. The molecule has 2 aromatic carbocycles. The monoisotopic (exact) mass is 691 g/mol. The zero-order chi connectivity index (χ0) is 34.9. The van der Waals surface area contributed by atoms with Gasteiger partial charge in [-0.15, -0.1) is 11.3 Å². The molecule has 0 aliphatic carbocycles. The summed E-state index contributed by atoms with van der Waals surface area (Å²) in [6.45, 7) is 11.5. The first-order chi connectivity index (χ1) is 23.8. The molecule has 0 fully saturated rings. The minimum Gasteiger partial charge on any atom is -0.494 e. The fourth-order valence-electron chi connectivity index (χ4n) is 6.80. The Morgan fingerprint density at radius 3 is 2.39 bits per heavy atom. The van der Waals surface area contributed by atoms with E-state index in [-0.39, 0.29) is 17.3 Å². The van der Waals surface area contributed by atoms with Crippen molar-refractivity contribution < 1.29 is 19.1 Å². The van der Waals surface area contributed by atoms with Crippen LogP contribution in [0.4, 0.5) is 11.4 Å². The van der Waals surface area contributed by atoms with Crippen LogP contribution in [0.1, 0.15) is 130 Å². The number of anilines is 2. The molecule has 1 aliphatic rings. The van der Waals surface area contributed by atoms with Gasteiger partial charge in [-0.2, -0.15) is 0 Å². The van der Waals surface area contributed by atoms with Crippen molar-refractivity contribution in [3.63, 3.8) is 0 Å². The predicted octanol–water partition coefficient (Wildman–Crippen LogP) is 10.4. The van der Waals surface area contributed by atoms with Gasteiger partial charge in [0.25, 0.3) is 0 Å². The Kier molecular flexibility index (Phi) is 16.2. The summed E-state index contributed by atoms with van der Waals surface area (Å²) in [6, 6.07) is 14.6. The number of esters is 1. The fraction of sp³-hybridized carbons (Fsp3) is 0.610. The summed E-state index contributed by atoms with van der Waals surface area (Å²) in [5.74, 6) is 0.463. The molecule has 1 aliphatic heterocycles. The minimum absolute atomic E-state index is 0.0304. The second kappa shape index (κ2) is 20.5. The lowest BCUT2D eigenvalue weighted by atomic mass is 9.77. The van der Waals surface area contributed by atoms with E-state index in [0.717, 1.165) is 68.7 Å². The Labute approximate surface area is 299 Å². The summed E-state index contributed by atoms with van der Waals surface area (Å²) in [4.78, 5) is 27.8. The molecule has 270 valence electrons. The summed E-state index contributed by atoms with van der Waals surface area (Å²) in [6.07, 6.45) is 15.6. The van der Waals surface area contributed by atoms with Crippen LogP contribution in [-0.4, -0.2) is 44.3 Å². The molecular weight excluding hydrogens is 631 g/mol. The van der Waals surface area contributed by atoms with Gasteiger partial charge in [0.15, 0.2) is 6.23 Å². The standard InChI is InChI=1S/C41H61N3O4S/c1-5-6-7-8-9-10-11-12-13-14-15-21-40(46)48-32(2)44-37-30-33(22-23-35(37)41(3,4)31-39(44)45)47-28-17-16-25-42-26-27-43-36-19-18-20-38-34(36)24-29-49-38/h18-20,22-24,29-30,32,42-43H,5-17,21,25-28,31H2,1-4H3. The largest absolute Gasteiger partial charge is 0.494 e. The van der Waals surface area contributed by atoms with Gasteiger partial charge in [-0.1, -0.05) is 97.1 Å². The Morgan fingerprint density at radius 2 is 1.63 bits per heavy atom. The highest BCUT2D eigenvalue weighted by Gasteiger charge is 2.39. The Morgan fingerprint density at radius 1 is 0.898 bits per heavy atom. The van der Waals surface area contributed by atoms with Crippen molar-refractivity contribution in [2.24, 2.45) is 0 Å². The average molecular weight is 692 g/mol. The van der Waals surface area contributed by atoms with Crippen molar-refractivity contribution in [2.45, 2.75) is 136 Å². The normalized spacial score (nSPS) is 14.5. The first-order valence-corrected chi connectivity index (χ1v) is 19.9. The van der Waals surface area contributed by atoms with Crippen LogP contribution in [-0.2, 0) is 19.7 Å². The summed E-state index contributed by atoms with van der Waals surface area (Å²) < 4.78 is 13.3. The molecule has 0 saturated heterocycles. The molecule has 49 heavy (non-hydrogen) atoms. The Hall–Kier alpha value is -3.10. The molecule has 1 atom stereocenters. The number of carbonyl (C=O) groups excluding carboxylic acids is 2. The van der Waals surface area contributed by atoms with Gasteiger partial charge in [0.2, 0.25) is 5.91 Å². The summed E-state index contributed by atoms with van der Waals surface area (Å²) >= 11 is 1.77. The zero-order valence-electron chi connectivity index (χ0n) is 30.6. The van der Waals surface area contributed by atoms with Gasteiger partial charge >= 0.3 is 5.97 Å². The van der Waals surface area contributed by atoms with Crippen molar-refractivity contribution in [1.29, 1.82) is 0 Å². The number of hydrogen-bond donors (Lipinski definition) is 2. The molecule has 8 heteroatoms. The van der Waals surface area contributed by atoms with E-state index in [1.165, 1.54) is 67.1 Å². The molecular formula is C41H61N3O4S. The molecule has 0 saturated carbocycles. The number of carbonyl (C=O) groups is 2. The van der Waals surface area contributed by atoms with Gasteiger partial charge in [-0.05, 0) is 67.9 Å². The number of rotatable bonds is 24. The van der Waals surface area contributed by atoms with Crippen LogP contribution in [0.2, 0.25) is 0 Å². The third kappa shape index (κ3) is 12.3. The fourth-order valence-corrected chi connectivity index (χ4v) is 7.61. The van der Waals surface area contributed by atoms with Crippen LogP contribution in [0.25, 0.3) is 10.1 Å². The van der Waals surface area contributed by atoms with E-state index in [2.05, 4.69) is 67.1 Å². The van der Waals surface area contributed by atoms with Crippen LogP contribution in [0, 0.1) is 0 Å². The van der Waals surface area contributed by atoms with E-state index in [1.807, 2.05) is 12.1 Å². The first kappa shape index (κ1) is 38.7. The number of amides is 1. The molecule has 2 N–H and O–H groups in total. The quantitative estimate of drug-likeness (QED) is 0.0719.